The first kappa shape index (κ1) is 14.1. The molecule has 0 aliphatic carbocycles. The van der Waals surface area contributed by atoms with Crippen LogP contribution in [0.2, 0.25) is 0 Å². The number of hydrogen-bond acceptors (Lipinski definition) is 1. The second kappa shape index (κ2) is 5.86. The summed E-state index contributed by atoms with van der Waals surface area (Å²) < 4.78 is 1.91. The van der Waals surface area contributed by atoms with Crippen molar-refractivity contribution in [3.63, 3.8) is 0 Å². The first-order valence-electron chi connectivity index (χ1n) is 6.97. The molecule has 0 aliphatic heterocycles. The van der Waals surface area contributed by atoms with Crippen LogP contribution >= 0.6 is 15.9 Å². The topological polar surface area (TPSA) is 17.8 Å². The predicted molar refractivity (Wildman–Crippen MR) is 90.3 cm³/mol. The molecule has 0 bridgehead atoms. The lowest BCUT2D eigenvalue weighted by atomic mass is 9.99. The maximum Gasteiger partial charge on any atom is 0.0678 e. The molecule has 0 radical (unpaired) electrons. The number of rotatable bonds is 3. The van der Waals surface area contributed by atoms with E-state index < -0.39 is 0 Å². The summed E-state index contributed by atoms with van der Waals surface area (Å²) in [6.07, 6.45) is 4.00. The fourth-order valence-electron chi connectivity index (χ4n) is 2.42. The summed E-state index contributed by atoms with van der Waals surface area (Å²) in [6, 6.07) is 16.6. The summed E-state index contributed by atoms with van der Waals surface area (Å²) in [4.78, 5) is 0.162. The van der Waals surface area contributed by atoms with E-state index in [1.807, 2.05) is 29.1 Å². The van der Waals surface area contributed by atoms with Gasteiger partial charge in [-0.2, -0.15) is 5.10 Å². The Bertz CT molecular complexity index is 747. The highest BCUT2D eigenvalue weighted by atomic mass is 79.9. The van der Waals surface area contributed by atoms with Crippen molar-refractivity contribution in [1.82, 2.24) is 9.78 Å². The zero-order chi connectivity index (χ0) is 14.8. The average Bonchev–Trinajstić information content (AvgIpc) is 3.00. The van der Waals surface area contributed by atoms with Crippen molar-refractivity contribution in [2.45, 2.75) is 18.7 Å². The van der Waals surface area contributed by atoms with Crippen molar-refractivity contribution in [1.29, 1.82) is 0 Å². The van der Waals surface area contributed by atoms with Crippen LogP contribution in [-0.4, -0.2) is 9.78 Å². The smallest absolute Gasteiger partial charge is 0.0678 e. The third-order valence-electron chi connectivity index (χ3n) is 3.84. The highest BCUT2D eigenvalue weighted by molar-refractivity contribution is 9.09. The van der Waals surface area contributed by atoms with Gasteiger partial charge in [0, 0.05) is 11.8 Å². The van der Waals surface area contributed by atoms with Gasteiger partial charge in [0.1, 0.15) is 0 Å². The Morgan fingerprint density at radius 1 is 1.00 bits per heavy atom. The molecular weight excluding hydrogens is 324 g/mol. The Morgan fingerprint density at radius 2 is 1.76 bits per heavy atom. The minimum Gasteiger partial charge on any atom is -0.241 e. The third-order valence-corrected chi connectivity index (χ3v) is 4.86. The Balaban J connectivity index is 1.95. The fraction of sp³-hybridized carbons (Fsp3) is 0.167. The van der Waals surface area contributed by atoms with Crippen molar-refractivity contribution >= 4 is 15.9 Å². The second-order valence-electron chi connectivity index (χ2n) is 5.21. The summed E-state index contributed by atoms with van der Waals surface area (Å²) in [5.41, 5.74) is 6.17. The van der Waals surface area contributed by atoms with Crippen molar-refractivity contribution in [3.8, 4) is 5.69 Å². The van der Waals surface area contributed by atoms with E-state index >= 15 is 0 Å². The molecule has 1 atom stereocenters. The number of aromatic nitrogens is 2. The summed E-state index contributed by atoms with van der Waals surface area (Å²) in [5, 5.41) is 4.47. The molecule has 2 aromatic carbocycles. The van der Waals surface area contributed by atoms with Crippen LogP contribution in [-0.2, 0) is 0 Å². The van der Waals surface area contributed by atoms with Gasteiger partial charge in [-0.05, 0) is 42.7 Å². The number of alkyl halides is 1. The van der Waals surface area contributed by atoms with E-state index in [0.717, 1.165) is 11.3 Å². The maximum absolute atomic E-state index is 4.47. The molecule has 0 spiro atoms. The standard InChI is InChI=1S/C18H17BrN2/c1-13-7-6-10-17(14(13)2)18(19)15-11-20-21(12-15)16-8-4-3-5-9-16/h3-12,18H,1-2H3. The molecule has 1 heterocycles. The van der Waals surface area contributed by atoms with Gasteiger partial charge in [0.25, 0.3) is 0 Å². The lowest BCUT2D eigenvalue weighted by Crippen LogP contribution is -1.97. The van der Waals surface area contributed by atoms with Crippen molar-refractivity contribution in [2.75, 3.05) is 0 Å². The molecule has 0 saturated heterocycles. The van der Waals surface area contributed by atoms with Crippen LogP contribution in [0.1, 0.15) is 27.1 Å². The molecule has 0 amide bonds. The van der Waals surface area contributed by atoms with E-state index in [2.05, 4.69) is 71.4 Å². The minimum absolute atomic E-state index is 0.162. The van der Waals surface area contributed by atoms with Gasteiger partial charge in [-0.25, -0.2) is 4.68 Å². The Kier molecular flexibility index (Phi) is 3.93. The summed E-state index contributed by atoms with van der Waals surface area (Å²) in [5.74, 6) is 0. The SMILES string of the molecule is Cc1cccc(C(Br)c2cnn(-c3ccccc3)c2)c1C. The van der Waals surface area contributed by atoms with Crippen molar-refractivity contribution in [3.05, 3.63) is 83.2 Å². The molecule has 21 heavy (non-hydrogen) atoms. The zero-order valence-electron chi connectivity index (χ0n) is 12.1. The number of hydrogen-bond donors (Lipinski definition) is 0. The molecule has 2 nitrogen and oxygen atoms in total. The molecule has 1 unspecified atom stereocenters. The number of benzene rings is 2. The van der Waals surface area contributed by atoms with Gasteiger partial charge in [0.05, 0.1) is 16.7 Å². The van der Waals surface area contributed by atoms with Crippen molar-refractivity contribution < 1.29 is 0 Å². The third kappa shape index (κ3) is 2.79. The zero-order valence-corrected chi connectivity index (χ0v) is 13.7. The quantitative estimate of drug-likeness (QED) is 0.615. The summed E-state index contributed by atoms with van der Waals surface area (Å²) in [7, 11) is 0. The number of nitrogens with zero attached hydrogens (tertiary/aromatic N) is 2. The molecule has 0 saturated carbocycles. The fourth-order valence-corrected chi connectivity index (χ4v) is 3.15. The average molecular weight is 341 g/mol. The summed E-state index contributed by atoms with van der Waals surface area (Å²) in [6.45, 7) is 4.31. The van der Waals surface area contributed by atoms with Gasteiger partial charge in [0.2, 0.25) is 0 Å². The molecule has 1 aromatic heterocycles. The van der Waals surface area contributed by atoms with E-state index in [0.29, 0.717) is 0 Å². The lowest BCUT2D eigenvalue weighted by Gasteiger charge is -2.13. The van der Waals surface area contributed by atoms with Crippen LogP contribution < -0.4 is 0 Å². The number of aryl methyl sites for hydroxylation is 1. The Hall–Kier alpha value is -1.87. The molecule has 106 valence electrons. The van der Waals surface area contributed by atoms with E-state index in [-0.39, 0.29) is 4.83 Å². The highest BCUT2D eigenvalue weighted by Gasteiger charge is 2.15. The van der Waals surface area contributed by atoms with Crippen LogP contribution in [0.3, 0.4) is 0 Å². The Morgan fingerprint density at radius 3 is 2.52 bits per heavy atom. The van der Waals surface area contributed by atoms with Gasteiger partial charge in [-0.1, -0.05) is 52.3 Å². The molecule has 3 heteroatoms. The van der Waals surface area contributed by atoms with E-state index in [1.165, 1.54) is 16.7 Å². The maximum atomic E-state index is 4.47. The van der Waals surface area contributed by atoms with Gasteiger partial charge in [0.15, 0.2) is 0 Å². The molecule has 0 N–H and O–H groups in total. The highest BCUT2D eigenvalue weighted by Crippen LogP contribution is 2.33. The molecular formula is C18H17BrN2. The minimum atomic E-state index is 0.162. The normalized spacial score (nSPS) is 12.3. The largest absolute Gasteiger partial charge is 0.241 e. The van der Waals surface area contributed by atoms with Gasteiger partial charge < -0.3 is 0 Å². The summed E-state index contributed by atoms with van der Waals surface area (Å²) >= 11 is 3.81. The molecule has 0 aliphatic rings. The molecule has 0 fully saturated rings. The van der Waals surface area contributed by atoms with Crippen LogP contribution in [0, 0.1) is 13.8 Å². The first-order chi connectivity index (χ1) is 10.2. The Labute approximate surface area is 133 Å². The number of halogens is 1. The van der Waals surface area contributed by atoms with E-state index in [4.69, 9.17) is 0 Å². The lowest BCUT2D eigenvalue weighted by molar-refractivity contribution is 0.880. The van der Waals surface area contributed by atoms with Gasteiger partial charge >= 0.3 is 0 Å². The van der Waals surface area contributed by atoms with Crippen molar-refractivity contribution in [2.24, 2.45) is 0 Å². The van der Waals surface area contributed by atoms with E-state index in [1.54, 1.807) is 0 Å². The first-order valence-corrected chi connectivity index (χ1v) is 7.88. The predicted octanol–water partition coefficient (Wildman–Crippen LogP) is 4.97. The van der Waals surface area contributed by atoms with Crippen LogP contribution in [0.25, 0.3) is 5.69 Å². The van der Waals surface area contributed by atoms with Gasteiger partial charge in [-0.3, -0.25) is 0 Å². The van der Waals surface area contributed by atoms with E-state index in [9.17, 15) is 0 Å². The van der Waals surface area contributed by atoms with Crippen LogP contribution in [0.15, 0.2) is 60.9 Å². The molecule has 3 aromatic rings. The van der Waals surface area contributed by atoms with Gasteiger partial charge in [-0.15, -0.1) is 0 Å². The van der Waals surface area contributed by atoms with Crippen LogP contribution in [0.4, 0.5) is 0 Å². The number of para-hydroxylation sites is 1. The monoisotopic (exact) mass is 340 g/mol. The van der Waals surface area contributed by atoms with Crippen LogP contribution in [0.5, 0.6) is 0 Å². The second-order valence-corrected chi connectivity index (χ2v) is 6.12. The molecule has 3 rings (SSSR count).